The molecule has 0 spiro atoms. The Labute approximate surface area is 177 Å². The van der Waals surface area contributed by atoms with E-state index in [0.29, 0.717) is 29.5 Å². The van der Waals surface area contributed by atoms with Crippen molar-refractivity contribution < 1.29 is 14.5 Å². The van der Waals surface area contributed by atoms with Crippen molar-refractivity contribution in [1.82, 2.24) is 5.32 Å². The Morgan fingerprint density at radius 3 is 2.66 bits per heavy atom. The van der Waals surface area contributed by atoms with E-state index >= 15 is 0 Å². The number of anilines is 2. The summed E-state index contributed by atoms with van der Waals surface area (Å²) in [5, 5.41) is 17.2. The van der Waals surface area contributed by atoms with Gasteiger partial charge in [0.15, 0.2) is 5.11 Å². The molecule has 1 heterocycles. The minimum Gasteiger partial charge on any atom is -0.378 e. The monoisotopic (exact) mass is 434 g/mol. The van der Waals surface area contributed by atoms with Crippen LogP contribution in [0.15, 0.2) is 36.4 Å². The molecule has 1 fully saturated rings. The summed E-state index contributed by atoms with van der Waals surface area (Å²) in [6.07, 6.45) is 0. The maximum atomic E-state index is 12.5. The second-order valence-corrected chi connectivity index (χ2v) is 7.27. The third kappa shape index (κ3) is 5.20. The van der Waals surface area contributed by atoms with E-state index in [1.807, 2.05) is 6.07 Å². The number of halogens is 1. The quantitative estimate of drug-likeness (QED) is 0.431. The van der Waals surface area contributed by atoms with E-state index in [1.54, 1.807) is 19.1 Å². The number of morpholine rings is 1. The Kier molecular flexibility index (Phi) is 6.63. The van der Waals surface area contributed by atoms with Gasteiger partial charge in [0.2, 0.25) is 0 Å². The lowest BCUT2D eigenvalue weighted by Crippen LogP contribution is -2.38. The molecule has 0 bridgehead atoms. The molecule has 152 valence electrons. The molecule has 1 aliphatic heterocycles. The Morgan fingerprint density at radius 2 is 1.97 bits per heavy atom. The molecule has 10 heteroatoms. The van der Waals surface area contributed by atoms with E-state index < -0.39 is 10.8 Å². The van der Waals surface area contributed by atoms with Crippen LogP contribution in [-0.4, -0.2) is 42.2 Å². The van der Waals surface area contributed by atoms with E-state index in [2.05, 4.69) is 15.5 Å². The molecule has 2 aromatic rings. The van der Waals surface area contributed by atoms with E-state index in [4.69, 9.17) is 28.6 Å². The number of nitrogens with zero attached hydrogens (tertiary/aromatic N) is 2. The van der Waals surface area contributed by atoms with Gasteiger partial charge in [-0.3, -0.25) is 20.2 Å². The number of nitrogens with one attached hydrogen (secondary N) is 2. The molecule has 0 saturated carbocycles. The molecule has 8 nitrogen and oxygen atoms in total. The summed E-state index contributed by atoms with van der Waals surface area (Å²) in [5.41, 5.74) is 2.04. The summed E-state index contributed by atoms with van der Waals surface area (Å²) < 4.78 is 5.38. The minimum atomic E-state index is -0.541. The smallest absolute Gasteiger partial charge is 0.273 e. The van der Waals surface area contributed by atoms with Crippen LogP contribution in [0.1, 0.15) is 15.9 Å². The highest BCUT2D eigenvalue weighted by atomic mass is 35.5. The second-order valence-electron chi connectivity index (χ2n) is 6.43. The van der Waals surface area contributed by atoms with Gasteiger partial charge in [0.1, 0.15) is 0 Å². The Hall–Kier alpha value is -2.75. The highest BCUT2D eigenvalue weighted by Crippen LogP contribution is 2.30. The number of benzene rings is 2. The van der Waals surface area contributed by atoms with Gasteiger partial charge in [-0.1, -0.05) is 17.7 Å². The predicted octanol–water partition coefficient (Wildman–Crippen LogP) is 3.52. The molecule has 1 amide bonds. The lowest BCUT2D eigenvalue weighted by atomic mass is 10.1. The average Bonchev–Trinajstić information content (AvgIpc) is 2.68. The van der Waals surface area contributed by atoms with Crippen LogP contribution in [0.3, 0.4) is 0 Å². The van der Waals surface area contributed by atoms with Crippen molar-refractivity contribution in [2.24, 2.45) is 0 Å². The minimum absolute atomic E-state index is 0.0648. The van der Waals surface area contributed by atoms with Crippen molar-refractivity contribution in [1.29, 1.82) is 0 Å². The number of nitro benzene ring substituents is 1. The first kappa shape index (κ1) is 21.0. The van der Waals surface area contributed by atoms with Crippen molar-refractivity contribution in [2.75, 3.05) is 36.5 Å². The number of carbonyl (C=O) groups excluding carboxylic acids is 1. The van der Waals surface area contributed by atoms with Crippen LogP contribution in [0, 0.1) is 17.0 Å². The largest absolute Gasteiger partial charge is 0.378 e. The van der Waals surface area contributed by atoms with Gasteiger partial charge in [-0.25, -0.2) is 0 Å². The molecule has 0 aliphatic carbocycles. The summed E-state index contributed by atoms with van der Waals surface area (Å²) in [4.78, 5) is 25.2. The lowest BCUT2D eigenvalue weighted by Gasteiger charge is -2.30. The summed E-state index contributed by atoms with van der Waals surface area (Å²) in [6.45, 7) is 4.30. The summed E-state index contributed by atoms with van der Waals surface area (Å²) in [7, 11) is 0. The first-order valence-corrected chi connectivity index (χ1v) is 9.63. The highest BCUT2D eigenvalue weighted by Gasteiger charge is 2.18. The van der Waals surface area contributed by atoms with Crippen LogP contribution in [0.5, 0.6) is 0 Å². The van der Waals surface area contributed by atoms with Crippen LogP contribution in [0.2, 0.25) is 5.02 Å². The van der Waals surface area contributed by atoms with Crippen molar-refractivity contribution >= 4 is 51.9 Å². The fourth-order valence-electron chi connectivity index (χ4n) is 2.96. The fourth-order valence-corrected chi connectivity index (χ4v) is 3.34. The van der Waals surface area contributed by atoms with Gasteiger partial charge in [0.05, 0.1) is 29.5 Å². The number of amides is 1. The molecule has 3 rings (SSSR count). The van der Waals surface area contributed by atoms with E-state index in [-0.39, 0.29) is 16.4 Å². The second kappa shape index (κ2) is 9.17. The first-order valence-electron chi connectivity index (χ1n) is 8.85. The summed E-state index contributed by atoms with van der Waals surface area (Å²) in [5.74, 6) is -0.541. The molecule has 0 radical (unpaired) electrons. The molecule has 2 aromatic carbocycles. The van der Waals surface area contributed by atoms with Gasteiger partial charge in [-0.2, -0.15) is 0 Å². The maximum absolute atomic E-state index is 12.5. The zero-order valence-electron chi connectivity index (χ0n) is 15.6. The normalized spacial score (nSPS) is 13.7. The Morgan fingerprint density at radius 1 is 1.24 bits per heavy atom. The summed E-state index contributed by atoms with van der Waals surface area (Å²) in [6, 6.07) is 9.65. The molecule has 0 atom stereocenters. The molecule has 1 aliphatic rings. The third-order valence-electron chi connectivity index (χ3n) is 4.45. The fraction of sp³-hybridized carbons (Fsp3) is 0.263. The molecule has 2 N–H and O–H groups in total. The molecular formula is C19H19ClN4O4S. The van der Waals surface area contributed by atoms with Crippen LogP contribution in [0.25, 0.3) is 0 Å². The van der Waals surface area contributed by atoms with Crippen molar-refractivity contribution in [2.45, 2.75) is 6.92 Å². The van der Waals surface area contributed by atoms with Gasteiger partial charge < -0.3 is 15.0 Å². The lowest BCUT2D eigenvalue weighted by molar-refractivity contribution is -0.385. The maximum Gasteiger partial charge on any atom is 0.273 e. The topological polar surface area (TPSA) is 96.7 Å². The average molecular weight is 435 g/mol. The van der Waals surface area contributed by atoms with Crippen LogP contribution < -0.4 is 15.5 Å². The SMILES string of the molecule is Cc1ccc(C(=O)NC(=S)Nc2cc(Cl)ccc2N2CCOCC2)cc1[N+](=O)[O-]. The van der Waals surface area contributed by atoms with Crippen molar-refractivity contribution in [3.63, 3.8) is 0 Å². The van der Waals surface area contributed by atoms with Crippen LogP contribution in [0.4, 0.5) is 17.1 Å². The number of hydrogen-bond acceptors (Lipinski definition) is 6. The van der Waals surface area contributed by atoms with Crippen molar-refractivity contribution in [3.8, 4) is 0 Å². The van der Waals surface area contributed by atoms with E-state index in [0.717, 1.165) is 18.8 Å². The number of carbonyl (C=O) groups is 1. The first-order chi connectivity index (χ1) is 13.8. The van der Waals surface area contributed by atoms with Gasteiger partial charge in [0.25, 0.3) is 11.6 Å². The van der Waals surface area contributed by atoms with E-state index in [1.165, 1.54) is 18.2 Å². The van der Waals surface area contributed by atoms with Crippen LogP contribution in [-0.2, 0) is 4.74 Å². The third-order valence-corrected chi connectivity index (χ3v) is 4.89. The molecule has 29 heavy (non-hydrogen) atoms. The number of thiocarbonyl (C=S) groups is 1. The van der Waals surface area contributed by atoms with Gasteiger partial charge in [-0.05, 0) is 43.4 Å². The number of hydrogen-bond donors (Lipinski definition) is 2. The van der Waals surface area contributed by atoms with Gasteiger partial charge in [0, 0.05) is 35.3 Å². The summed E-state index contributed by atoms with van der Waals surface area (Å²) >= 11 is 11.4. The zero-order valence-corrected chi connectivity index (χ0v) is 17.2. The predicted molar refractivity (Wildman–Crippen MR) is 116 cm³/mol. The Balaban J connectivity index is 1.74. The zero-order chi connectivity index (χ0) is 21.0. The molecule has 0 aromatic heterocycles. The standard InChI is InChI=1S/C19H19ClN4O4S/c1-12-2-3-13(10-17(12)24(26)27)18(25)22-19(29)21-15-11-14(20)4-5-16(15)23-6-8-28-9-7-23/h2-5,10-11H,6-9H2,1H3,(H2,21,22,25,29). The highest BCUT2D eigenvalue weighted by molar-refractivity contribution is 7.80. The van der Waals surface area contributed by atoms with Crippen LogP contribution >= 0.6 is 23.8 Å². The molecule has 0 unspecified atom stereocenters. The van der Waals surface area contributed by atoms with Crippen molar-refractivity contribution in [3.05, 3.63) is 62.7 Å². The van der Waals surface area contributed by atoms with E-state index in [9.17, 15) is 14.9 Å². The number of rotatable bonds is 4. The molecular weight excluding hydrogens is 416 g/mol. The number of nitro groups is 1. The van der Waals surface area contributed by atoms with Gasteiger partial charge in [-0.15, -0.1) is 0 Å². The number of ether oxygens (including phenoxy) is 1. The number of aryl methyl sites for hydroxylation is 1. The van der Waals surface area contributed by atoms with Gasteiger partial charge >= 0.3 is 0 Å². The Bertz CT molecular complexity index is 963. The molecule has 1 saturated heterocycles.